The van der Waals surface area contributed by atoms with E-state index in [9.17, 15) is 0 Å². The lowest BCUT2D eigenvalue weighted by Crippen LogP contribution is -2.52. The molecule has 4 heteroatoms. The Hall–Kier alpha value is 0.0969. The highest BCUT2D eigenvalue weighted by atomic mass is 28.4. The first-order valence-corrected chi connectivity index (χ1v) is 9.19. The van der Waals surface area contributed by atoms with Crippen molar-refractivity contribution in [1.82, 2.24) is 9.80 Å². The smallest absolute Gasteiger partial charge is 0.199 e. The summed E-state index contributed by atoms with van der Waals surface area (Å²) in [6.07, 6.45) is 2.46. The molecule has 90 valence electrons. The maximum absolute atomic E-state index is 5.60. The molecule has 1 aliphatic rings. The molecule has 0 radical (unpaired) electrons. The Morgan fingerprint density at radius 2 is 1.60 bits per heavy atom. The zero-order chi connectivity index (χ0) is 11.3. The van der Waals surface area contributed by atoms with Crippen LogP contribution in [0.2, 0.25) is 13.1 Å². The van der Waals surface area contributed by atoms with E-state index in [1.54, 1.807) is 0 Å². The van der Waals surface area contributed by atoms with Crippen molar-refractivity contribution in [3.63, 3.8) is 0 Å². The molecule has 0 spiro atoms. The van der Waals surface area contributed by atoms with Crippen LogP contribution in [0.15, 0.2) is 0 Å². The first kappa shape index (κ1) is 13.2. The number of hydrogen-bond acceptors (Lipinski definition) is 3. The molecule has 3 nitrogen and oxygen atoms in total. The predicted molar refractivity (Wildman–Crippen MR) is 67.7 cm³/mol. The minimum absolute atomic E-state index is 1.18. The van der Waals surface area contributed by atoms with Crippen LogP contribution < -0.4 is 0 Å². The molecule has 1 rings (SSSR count). The summed E-state index contributed by atoms with van der Waals surface area (Å²) in [4.78, 5) is 5.14. The van der Waals surface area contributed by atoms with Gasteiger partial charge in [0.2, 0.25) is 0 Å². The van der Waals surface area contributed by atoms with Crippen molar-refractivity contribution in [2.24, 2.45) is 0 Å². The first-order valence-electron chi connectivity index (χ1n) is 6.07. The minimum Gasteiger partial charge on any atom is -0.419 e. The van der Waals surface area contributed by atoms with Gasteiger partial charge in [0, 0.05) is 39.5 Å². The van der Waals surface area contributed by atoms with Gasteiger partial charge in [-0.15, -0.1) is 0 Å². The van der Waals surface area contributed by atoms with E-state index in [0.29, 0.717) is 0 Å². The highest BCUT2D eigenvalue weighted by Crippen LogP contribution is 2.09. The van der Waals surface area contributed by atoms with E-state index in [0.717, 1.165) is 0 Å². The average Bonchev–Trinajstić information content (AvgIpc) is 2.21. The zero-order valence-electron chi connectivity index (χ0n) is 10.8. The van der Waals surface area contributed by atoms with E-state index < -0.39 is 8.32 Å². The highest BCUT2D eigenvalue weighted by molar-refractivity contribution is 6.71. The highest BCUT2D eigenvalue weighted by Gasteiger charge is 2.26. The topological polar surface area (TPSA) is 15.7 Å². The maximum Gasteiger partial charge on any atom is 0.199 e. The SMILES string of the molecule is CCCN1CCN(C[Si](C)(C)OC)CC1. The second-order valence-electron chi connectivity index (χ2n) is 5.08. The first-order chi connectivity index (χ1) is 7.07. The van der Waals surface area contributed by atoms with E-state index in [-0.39, 0.29) is 0 Å². The second-order valence-corrected chi connectivity index (χ2v) is 9.33. The third-order valence-corrected chi connectivity index (χ3v) is 5.48. The third-order valence-electron chi connectivity index (χ3n) is 3.16. The van der Waals surface area contributed by atoms with Crippen molar-refractivity contribution in [3.05, 3.63) is 0 Å². The van der Waals surface area contributed by atoms with Gasteiger partial charge in [-0.05, 0) is 26.1 Å². The van der Waals surface area contributed by atoms with Crippen molar-refractivity contribution < 1.29 is 4.43 Å². The van der Waals surface area contributed by atoms with Crippen LogP contribution in [-0.4, -0.2) is 64.1 Å². The van der Waals surface area contributed by atoms with Crippen LogP contribution >= 0.6 is 0 Å². The average molecular weight is 230 g/mol. The fourth-order valence-corrected chi connectivity index (χ4v) is 3.61. The molecule has 0 aromatic heterocycles. The predicted octanol–water partition coefficient (Wildman–Crippen LogP) is 1.40. The van der Waals surface area contributed by atoms with Gasteiger partial charge in [-0.3, -0.25) is 0 Å². The molecule has 0 amide bonds. The summed E-state index contributed by atoms with van der Waals surface area (Å²) >= 11 is 0. The lowest BCUT2D eigenvalue weighted by Gasteiger charge is -2.37. The normalized spacial score (nSPS) is 20.8. The van der Waals surface area contributed by atoms with Gasteiger partial charge in [-0.2, -0.15) is 0 Å². The standard InChI is InChI=1S/C11H26N2OSi/c1-5-6-12-7-9-13(10-8-12)11-15(3,4)14-2/h5-11H2,1-4H3. The van der Waals surface area contributed by atoms with Crippen LogP contribution in [0.4, 0.5) is 0 Å². The molecule has 1 saturated heterocycles. The van der Waals surface area contributed by atoms with Crippen LogP contribution in [0.1, 0.15) is 13.3 Å². The van der Waals surface area contributed by atoms with Crippen molar-refractivity contribution in [2.75, 3.05) is 46.0 Å². The number of hydrogen-bond donors (Lipinski definition) is 0. The van der Waals surface area contributed by atoms with E-state index in [4.69, 9.17) is 4.43 Å². The van der Waals surface area contributed by atoms with Crippen molar-refractivity contribution in [2.45, 2.75) is 26.4 Å². The Bertz CT molecular complexity index is 179. The summed E-state index contributed by atoms with van der Waals surface area (Å²) in [5.74, 6) is 0. The Morgan fingerprint density at radius 3 is 2.07 bits per heavy atom. The summed E-state index contributed by atoms with van der Waals surface area (Å²) in [7, 11) is 0.463. The molecule has 0 bridgehead atoms. The summed E-state index contributed by atoms with van der Waals surface area (Å²) < 4.78 is 5.60. The molecule has 1 fully saturated rings. The molecule has 1 heterocycles. The summed E-state index contributed by atoms with van der Waals surface area (Å²) in [6.45, 7) is 13.0. The largest absolute Gasteiger partial charge is 0.419 e. The van der Waals surface area contributed by atoms with Gasteiger partial charge in [0.1, 0.15) is 0 Å². The molecule has 0 aliphatic carbocycles. The minimum atomic E-state index is -1.40. The van der Waals surface area contributed by atoms with Crippen LogP contribution in [0.25, 0.3) is 0 Å². The molecule has 0 unspecified atom stereocenters. The third kappa shape index (κ3) is 4.63. The molecule has 0 aromatic rings. The number of piperazine rings is 1. The van der Waals surface area contributed by atoms with Gasteiger partial charge in [0.05, 0.1) is 0 Å². The quantitative estimate of drug-likeness (QED) is 0.664. The molecule has 15 heavy (non-hydrogen) atoms. The lowest BCUT2D eigenvalue weighted by molar-refractivity contribution is 0.142. The van der Waals surface area contributed by atoms with Gasteiger partial charge >= 0.3 is 0 Å². The molecule has 1 aliphatic heterocycles. The van der Waals surface area contributed by atoms with Gasteiger partial charge in [0.15, 0.2) is 8.32 Å². The van der Waals surface area contributed by atoms with E-state index in [1.807, 2.05) is 7.11 Å². The Kier molecular flexibility index (Phi) is 5.25. The van der Waals surface area contributed by atoms with Crippen LogP contribution in [-0.2, 0) is 4.43 Å². The molecule has 0 N–H and O–H groups in total. The van der Waals surface area contributed by atoms with Crippen molar-refractivity contribution >= 4 is 8.32 Å². The molecular formula is C11H26N2OSi. The van der Waals surface area contributed by atoms with Crippen LogP contribution in [0.5, 0.6) is 0 Å². The van der Waals surface area contributed by atoms with Gasteiger partial charge in [0.25, 0.3) is 0 Å². The van der Waals surface area contributed by atoms with Gasteiger partial charge < -0.3 is 14.2 Å². The Morgan fingerprint density at radius 1 is 1.07 bits per heavy atom. The van der Waals surface area contributed by atoms with Gasteiger partial charge in [-0.25, -0.2) is 0 Å². The summed E-state index contributed by atoms with van der Waals surface area (Å²) in [5, 5.41) is 0. The summed E-state index contributed by atoms with van der Waals surface area (Å²) in [6, 6.07) is 0. The maximum atomic E-state index is 5.60. The van der Waals surface area contributed by atoms with E-state index >= 15 is 0 Å². The monoisotopic (exact) mass is 230 g/mol. The molecular weight excluding hydrogens is 204 g/mol. The fraction of sp³-hybridized carbons (Fsp3) is 1.00. The summed E-state index contributed by atoms with van der Waals surface area (Å²) in [5.41, 5.74) is 0. The zero-order valence-corrected chi connectivity index (χ0v) is 11.8. The number of rotatable bonds is 5. The fourth-order valence-electron chi connectivity index (χ4n) is 2.09. The van der Waals surface area contributed by atoms with Crippen molar-refractivity contribution in [3.8, 4) is 0 Å². The molecule has 0 atom stereocenters. The Labute approximate surface area is 95.5 Å². The molecule has 0 saturated carbocycles. The number of nitrogens with zero attached hydrogens (tertiary/aromatic N) is 2. The molecule has 0 aromatic carbocycles. The van der Waals surface area contributed by atoms with Crippen LogP contribution in [0, 0.1) is 0 Å². The lowest BCUT2D eigenvalue weighted by atomic mass is 10.3. The van der Waals surface area contributed by atoms with E-state index in [1.165, 1.54) is 45.3 Å². The van der Waals surface area contributed by atoms with E-state index in [2.05, 4.69) is 29.8 Å². The van der Waals surface area contributed by atoms with Crippen molar-refractivity contribution in [1.29, 1.82) is 0 Å². The van der Waals surface area contributed by atoms with Gasteiger partial charge in [-0.1, -0.05) is 6.92 Å². The van der Waals surface area contributed by atoms with Crippen LogP contribution in [0.3, 0.4) is 0 Å². The second kappa shape index (κ2) is 5.99. The Balaban J connectivity index is 2.25.